The van der Waals surface area contributed by atoms with Crippen LogP contribution in [0.3, 0.4) is 0 Å². The largest absolute Gasteiger partial charge is 0.310 e. The highest BCUT2D eigenvalue weighted by Gasteiger charge is 2.23. The highest BCUT2D eigenvalue weighted by molar-refractivity contribution is 9.10. The third-order valence-electron chi connectivity index (χ3n) is 2.55. The average Bonchev–Trinajstić information content (AvgIpc) is 2.18. The van der Waals surface area contributed by atoms with E-state index in [0.29, 0.717) is 12.3 Å². The van der Waals surface area contributed by atoms with Crippen molar-refractivity contribution >= 4 is 21.7 Å². The second-order valence-corrected chi connectivity index (χ2v) is 4.46. The fraction of sp³-hybridized carbons (Fsp3) is 0.364. The predicted molar refractivity (Wildman–Crippen MR) is 59.4 cm³/mol. The van der Waals surface area contributed by atoms with E-state index in [1.54, 1.807) is 0 Å². The zero-order chi connectivity index (χ0) is 9.97. The Labute approximate surface area is 91.8 Å². The van der Waals surface area contributed by atoms with Crippen molar-refractivity contribution in [3.63, 3.8) is 0 Å². The first-order valence-corrected chi connectivity index (χ1v) is 5.55. The van der Waals surface area contributed by atoms with Crippen LogP contribution in [0.4, 0.5) is 0 Å². The molecule has 1 aliphatic heterocycles. The lowest BCUT2D eigenvalue weighted by Gasteiger charge is -2.21. The van der Waals surface area contributed by atoms with Crippen LogP contribution < -0.4 is 5.32 Å². The highest BCUT2D eigenvalue weighted by atomic mass is 79.9. The lowest BCUT2D eigenvalue weighted by atomic mass is 9.89. The van der Waals surface area contributed by atoms with Gasteiger partial charge in [0.2, 0.25) is 0 Å². The molecule has 1 aromatic rings. The average molecular weight is 254 g/mol. The zero-order valence-corrected chi connectivity index (χ0v) is 9.38. The monoisotopic (exact) mass is 253 g/mol. The lowest BCUT2D eigenvalue weighted by Crippen LogP contribution is -2.35. The van der Waals surface area contributed by atoms with Crippen LogP contribution in [0, 0.1) is 0 Å². The summed E-state index contributed by atoms with van der Waals surface area (Å²) in [6.45, 7) is 1.44. The molecule has 2 nitrogen and oxygen atoms in total. The molecule has 0 amide bonds. The number of ketones is 1. The quantitative estimate of drug-likeness (QED) is 0.831. The van der Waals surface area contributed by atoms with E-state index in [1.807, 2.05) is 24.3 Å². The van der Waals surface area contributed by atoms with Gasteiger partial charge in [0, 0.05) is 10.4 Å². The maximum atomic E-state index is 11.6. The maximum Gasteiger partial charge on any atom is 0.154 e. The minimum Gasteiger partial charge on any atom is -0.310 e. The van der Waals surface area contributed by atoms with Crippen molar-refractivity contribution in [1.29, 1.82) is 0 Å². The molecule has 74 valence electrons. The molecule has 1 aliphatic rings. The van der Waals surface area contributed by atoms with Gasteiger partial charge in [-0.15, -0.1) is 0 Å². The Morgan fingerprint density at radius 2 is 2.29 bits per heavy atom. The molecule has 0 bridgehead atoms. The first-order chi connectivity index (χ1) is 6.77. The van der Waals surface area contributed by atoms with Crippen LogP contribution >= 0.6 is 15.9 Å². The van der Waals surface area contributed by atoms with Gasteiger partial charge in [0.1, 0.15) is 0 Å². The predicted octanol–water partition coefficient (Wildman–Crippen LogP) is 2.10. The Balaban J connectivity index is 2.24. The second kappa shape index (κ2) is 4.24. The van der Waals surface area contributed by atoms with Crippen molar-refractivity contribution in [3.05, 3.63) is 34.3 Å². The molecule has 1 aromatic carbocycles. The number of rotatable bonds is 1. The van der Waals surface area contributed by atoms with Gasteiger partial charge in [-0.3, -0.25) is 4.79 Å². The molecule has 0 saturated carbocycles. The van der Waals surface area contributed by atoms with Gasteiger partial charge in [-0.1, -0.05) is 28.1 Å². The molecule has 0 radical (unpaired) electrons. The fourth-order valence-electron chi connectivity index (χ4n) is 1.82. The molecule has 0 aromatic heterocycles. The fourth-order valence-corrected chi connectivity index (χ4v) is 2.24. The Morgan fingerprint density at radius 3 is 3.00 bits per heavy atom. The van der Waals surface area contributed by atoms with Gasteiger partial charge in [-0.25, -0.2) is 0 Å². The molecule has 0 aliphatic carbocycles. The summed E-state index contributed by atoms with van der Waals surface area (Å²) in [5, 5.41) is 3.09. The van der Waals surface area contributed by atoms with Crippen LogP contribution in [0.25, 0.3) is 0 Å². The molecular formula is C11H12BrNO. The first kappa shape index (κ1) is 9.87. The number of halogens is 1. The van der Waals surface area contributed by atoms with Crippen molar-refractivity contribution in [2.45, 2.75) is 12.3 Å². The van der Waals surface area contributed by atoms with Crippen LogP contribution in [-0.4, -0.2) is 18.9 Å². The van der Waals surface area contributed by atoms with Gasteiger partial charge in [0.15, 0.2) is 5.78 Å². The van der Waals surface area contributed by atoms with Gasteiger partial charge in [-0.2, -0.15) is 0 Å². The smallest absolute Gasteiger partial charge is 0.154 e. The number of carbonyl (C=O) groups is 1. The third-order valence-corrected chi connectivity index (χ3v) is 3.04. The third kappa shape index (κ3) is 2.04. The maximum absolute atomic E-state index is 11.6. The van der Waals surface area contributed by atoms with Gasteiger partial charge in [-0.05, 0) is 30.7 Å². The number of benzene rings is 1. The molecule has 3 heteroatoms. The molecule has 1 saturated heterocycles. The van der Waals surface area contributed by atoms with Gasteiger partial charge < -0.3 is 5.32 Å². The molecule has 2 rings (SSSR count). The van der Waals surface area contributed by atoms with Crippen LogP contribution in [-0.2, 0) is 4.79 Å². The van der Waals surface area contributed by atoms with E-state index in [-0.39, 0.29) is 5.92 Å². The van der Waals surface area contributed by atoms with E-state index in [2.05, 4.69) is 21.2 Å². The van der Waals surface area contributed by atoms with Gasteiger partial charge in [0.05, 0.1) is 6.54 Å². The molecule has 14 heavy (non-hydrogen) atoms. The number of hydrogen-bond acceptors (Lipinski definition) is 2. The minimum absolute atomic E-state index is 0.0914. The highest BCUT2D eigenvalue weighted by Crippen LogP contribution is 2.24. The summed E-state index contributed by atoms with van der Waals surface area (Å²) in [6.07, 6.45) is 0.912. The van der Waals surface area contributed by atoms with Crippen molar-refractivity contribution < 1.29 is 4.79 Å². The molecule has 0 spiro atoms. The summed E-state index contributed by atoms with van der Waals surface area (Å²) in [6, 6.07) is 8.02. The Bertz CT molecular complexity index is 351. The molecule has 1 unspecified atom stereocenters. The minimum atomic E-state index is 0.0914. The van der Waals surface area contributed by atoms with Crippen LogP contribution in [0.1, 0.15) is 17.9 Å². The summed E-state index contributed by atoms with van der Waals surface area (Å²) in [5.74, 6) is 0.392. The summed E-state index contributed by atoms with van der Waals surface area (Å²) in [7, 11) is 0. The van der Waals surface area contributed by atoms with Crippen LogP contribution in [0.2, 0.25) is 0 Å². The molecule has 1 N–H and O–H groups in total. The summed E-state index contributed by atoms with van der Waals surface area (Å²) in [5.41, 5.74) is 1.13. The number of hydrogen-bond donors (Lipinski definition) is 1. The van der Waals surface area contributed by atoms with E-state index < -0.39 is 0 Å². The normalized spacial score (nSPS) is 22.4. The zero-order valence-electron chi connectivity index (χ0n) is 7.79. The second-order valence-electron chi connectivity index (χ2n) is 3.54. The lowest BCUT2D eigenvalue weighted by molar-refractivity contribution is -0.120. The molecule has 1 atom stereocenters. The molecular weight excluding hydrogens is 242 g/mol. The Morgan fingerprint density at radius 1 is 1.43 bits per heavy atom. The molecule has 1 heterocycles. The number of Topliss-reactive ketones (excluding diaryl/α,β-unsaturated/α-hetero) is 1. The van der Waals surface area contributed by atoms with Crippen LogP contribution in [0.5, 0.6) is 0 Å². The number of carbonyl (C=O) groups excluding carboxylic acids is 1. The van der Waals surface area contributed by atoms with E-state index >= 15 is 0 Å². The van der Waals surface area contributed by atoms with E-state index in [0.717, 1.165) is 23.0 Å². The summed E-state index contributed by atoms with van der Waals surface area (Å²) < 4.78 is 1.04. The van der Waals surface area contributed by atoms with Crippen molar-refractivity contribution in [1.82, 2.24) is 5.32 Å². The van der Waals surface area contributed by atoms with Crippen molar-refractivity contribution in [3.8, 4) is 0 Å². The van der Waals surface area contributed by atoms with E-state index in [9.17, 15) is 4.79 Å². The summed E-state index contributed by atoms with van der Waals surface area (Å²) >= 11 is 3.42. The number of piperidine rings is 1. The first-order valence-electron chi connectivity index (χ1n) is 4.76. The SMILES string of the molecule is O=C1CNCCC1c1cccc(Br)c1. The topological polar surface area (TPSA) is 29.1 Å². The number of nitrogens with one attached hydrogen (secondary N) is 1. The van der Waals surface area contributed by atoms with Crippen molar-refractivity contribution in [2.24, 2.45) is 0 Å². The van der Waals surface area contributed by atoms with E-state index in [1.165, 1.54) is 0 Å². The standard InChI is InChI=1S/C11H12BrNO/c12-9-3-1-2-8(6-9)10-4-5-13-7-11(10)14/h1-3,6,10,13H,4-5,7H2. The van der Waals surface area contributed by atoms with Crippen LogP contribution in [0.15, 0.2) is 28.7 Å². The molecule has 1 fully saturated rings. The Hall–Kier alpha value is -0.670. The van der Waals surface area contributed by atoms with Gasteiger partial charge >= 0.3 is 0 Å². The van der Waals surface area contributed by atoms with Gasteiger partial charge in [0.25, 0.3) is 0 Å². The van der Waals surface area contributed by atoms with Crippen molar-refractivity contribution in [2.75, 3.05) is 13.1 Å². The van der Waals surface area contributed by atoms with E-state index in [4.69, 9.17) is 0 Å². The Kier molecular flexibility index (Phi) is 2.99. The summed E-state index contributed by atoms with van der Waals surface area (Å²) in [4.78, 5) is 11.6.